The smallest absolute Gasteiger partial charge is 0.268 e. The van der Waals surface area contributed by atoms with E-state index in [1.807, 2.05) is 19.1 Å². The van der Waals surface area contributed by atoms with Gasteiger partial charge in [0, 0.05) is 16.7 Å². The molecule has 0 saturated heterocycles. The SMILES string of the molecule is C=C(C)CN1C(=O)C(C)Oc2ccc(NC(=O)c3ccccc3Br)cc21. The number of nitrogens with one attached hydrogen (secondary N) is 1. The van der Waals surface area contributed by atoms with Crippen molar-refractivity contribution < 1.29 is 14.3 Å². The number of anilines is 2. The Labute approximate surface area is 160 Å². The molecule has 0 saturated carbocycles. The van der Waals surface area contributed by atoms with Gasteiger partial charge in [-0.1, -0.05) is 24.3 Å². The molecule has 1 atom stereocenters. The summed E-state index contributed by atoms with van der Waals surface area (Å²) in [6.07, 6.45) is -0.553. The van der Waals surface area contributed by atoms with Gasteiger partial charge in [0.25, 0.3) is 11.8 Å². The highest BCUT2D eigenvalue weighted by Crippen LogP contribution is 2.36. The van der Waals surface area contributed by atoms with Crippen molar-refractivity contribution in [2.24, 2.45) is 0 Å². The number of halogens is 1. The minimum absolute atomic E-state index is 0.130. The highest BCUT2D eigenvalue weighted by Gasteiger charge is 2.31. The maximum Gasteiger partial charge on any atom is 0.268 e. The average molecular weight is 415 g/mol. The topological polar surface area (TPSA) is 58.6 Å². The standard InChI is InChI=1S/C20H19BrN2O3/c1-12(2)11-23-17-10-14(8-9-18(17)26-13(3)20(23)25)22-19(24)15-6-4-5-7-16(15)21/h4-10,13H,1,11H2,2-3H3,(H,22,24). The highest BCUT2D eigenvalue weighted by atomic mass is 79.9. The first kappa shape index (κ1) is 18.2. The molecule has 0 spiro atoms. The highest BCUT2D eigenvalue weighted by molar-refractivity contribution is 9.10. The van der Waals surface area contributed by atoms with Crippen LogP contribution in [0.4, 0.5) is 11.4 Å². The van der Waals surface area contributed by atoms with Gasteiger partial charge in [-0.25, -0.2) is 0 Å². The van der Waals surface area contributed by atoms with E-state index in [1.54, 1.807) is 42.2 Å². The Kier molecular flexibility index (Phi) is 5.13. The summed E-state index contributed by atoms with van der Waals surface area (Å²) in [7, 11) is 0. The van der Waals surface area contributed by atoms with Gasteiger partial charge >= 0.3 is 0 Å². The van der Waals surface area contributed by atoms with Crippen molar-refractivity contribution in [1.82, 2.24) is 0 Å². The van der Waals surface area contributed by atoms with Crippen molar-refractivity contribution in [3.05, 3.63) is 64.7 Å². The first-order valence-electron chi connectivity index (χ1n) is 8.19. The van der Waals surface area contributed by atoms with Crippen molar-refractivity contribution in [2.75, 3.05) is 16.8 Å². The molecule has 0 radical (unpaired) electrons. The van der Waals surface area contributed by atoms with Crippen LogP contribution in [0, 0.1) is 0 Å². The Balaban J connectivity index is 1.91. The van der Waals surface area contributed by atoms with Gasteiger partial charge in [0.1, 0.15) is 5.75 Å². The monoisotopic (exact) mass is 414 g/mol. The molecule has 2 amide bonds. The van der Waals surface area contributed by atoms with Crippen LogP contribution in [0.5, 0.6) is 5.75 Å². The van der Waals surface area contributed by atoms with Crippen LogP contribution < -0.4 is 15.0 Å². The third kappa shape index (κ3) is 3.65. The molecule has 5 nitrogen and oxygen atoms in total. The fourth-order valence-electron chi connectivity index (χ4n) is 2.76. The molecule has 1 unspecified atom stereocenters. The number of ether oxygens (including phenoxy) is 1. The second kappa shape index (κ2) is 7.33. The van der Waals surface area contributed by atoms with Crippen LogP contribution in [0.2, 0.25) is 0 Å². The first-order valence-corrected chi connectivity index (χ1v) is 8.98. The number of carbonyl (C=O) groups is 2. The van der Waals surface area contributed by atoms with Gasteiger partial charge in [-0.05, 0) is 60.1 Å². The summed E-state index contributed by atoms with van der Waals surface area (Å²) in [6.45, 7) is 7.88. The van der Waals surface area contributed by atoms with Crippen molar-refractivity contribution in [2.45, 2.75) is 20.0 Å². The Morgan fingerprint density at radius 3 is 2.73 bits per heavy atom. The summed E-state index contributed by atoms with van der Waals surface area (Å²) < 4.78 is 6.39. The molecule has 0 fully saturated rings. The summed E-state index contributed by atoms with van der Waals surface area (Å²) in [5, 5.41) is 2.86. The Morgan fingerprint density at radius 1 is 1.31 bits per heavy atom. The number of nitrogens with zero attached hydrogens (tertiary/aromatic N) is 1. The van der Waals surface area contributed by atoms with Gasteiger partial charge in [0.15, 0.2) is 6.10 Å². The van der Waals surface area contributed by atoms with Crippen LogP contribution in [0.25, 0.3) is 0 Å². The predicted octanol–water partition coefficient (Wildman–Crippen LogP) is 4.39. The molecule has 3 rings (SSSR count). The summed E-state index contributed by atoms with van der Waals surface area (Å²) in [4.78, 5) is 26.6. The van der Waals surface area contributed by atoms with E-state index >= 15 is 0 Å². The second-order valence-corrected chi connectivity index (χ2v) is 7.11. The number of hydrogen-bond acceptors (Lipinski definition) is 3. The minimum atomic E-state index is -0.553. The summed E-state index contributed by atoms with van der Waals surface area (Å²) in [5.74, 6) is 0.243. The van der Waals surface area contributed by atoms with Gasteiger partial charge in [0.2, 0.25) is 0 Å². The number of benzene rings is 2. The fraction of sp³-hybridized carbons (Fsp3) is 0.200. The number of fused-ring (bicyclic) bond motifs is 1. The molecular formula is C20H19BrN2O3. The normalized spacial score (nSPS) is 15.9. The van der Waals surface area contributed by atoms with Crippen LogP contribution >= 0.6 is 15.9 Å². The largest absolute Gasteiger partial charge is 0.479 e. The molecule has 26 heavy (non-hydrogen) atoms. The lowest BCUT2D eigenvalue weighted by Crippen LogP contribution is -2.45. The molecule has 2 aromatic carbocycles. The first-order chi connectivity index (χ1) is 12.4. The van der Waals surface area contributed by atoms with Crippen LogP contribution in [-0.4, -0.2) is 24.5 Å². The maximum absolute atomic E-state index is 12.5. The van der Waals surface area contributed by atoms with Crippen LogP contribution in [0.15, 0.2) is 59.1 Å². The van der Waals surface area contributed by atoms with E-state index < -0.39 is 6.10 Å². The van der Waals surface area contributed by atoms with Crippen LogP contribution in [0.1, 0.15) is 24.2 Å². The van der Waals surface area contributed by atoms with Crippen molar-refractivity contribution in [1.29, 1.82) is 0 Å². The minimum Gasteiger partial charge on any atom is -0.479 e. The molecule has 0 aromatic heterocycles. The predicted molar refractivity (Wildman–Crippen MR) is 106 cm³/mol. The fourth-order valence-corrected chi connectivity index (χ4v) is 3.23. The molecule has 1 aliphatic rings. The zero-order valence-corrected chi connectivity index (χ0v) is 16.2. The quantitative estimate of drug-likeness (QED) is 0.754. The number of amides is 2. The lowest BCUT2D eigenvalue weighted by atomic mass is 10.1. The summed E-state index contributed by atoms with van der Waals surface area (Å²) >= 11 is 3.38. The Bertz CT molecular complexity index is 894. The maximum atomic E-state index is 12.5. The van der Waals surface area contributed by atoms with Gasteiger partial charge in [-0.3, -0.25) is 9.59 Å². The molecule has 1 aliphatic heterocycles. The van der Waals surface area contributed by atoms with Crippen LogP contribution in [-0.2, 0) is 4.79 Å². The molecule has 0 aliphatic carbocycles. The molecule has 134 valence electrons. The zero-order valence-electron chi connectivity index (χ0n) is 14.6. The third-order valence-electron chi connectivity index (χ3n) is 3.97. The lowest BCUT2D eigenvalue weighted by Gasteiger charge is -2.33. The van der Waals surface area contributed by atoms with E-state index in [1.165, 1.54) is 0 Å². The summed E-state index contributed by atoms with van der Waals surface area (Å²) in [5.41, 5.74) is 2.61. The number of rotatable bonds is 4. The zero-order chi connectivity index (χ0) is 18.8. The Morgan fingerprint density at radius 2 is 2.04 bits per heavy atom. The molecule has 1 heterocycles. The van der Waals surface area contributed by atoms with E-state index in [0.29, 0.717) is 33.7 Å². The van der Waals surface area contributed by atoms with Crippen molar-refractivity contribution >= 4 is 39.1 Å². The van der Waals surface area contributed by atoms with Gasteiger partial charge in [0.05, 0.1) is 11.3 Å². The Hall–Kier alpha value is -2.60. The van der Waals surface area contributed by atoms with Crippen molar-refractivity contribution in [3.8, 4) is 5.75 Å². The van der Waals surface area contributed by atoms with E-state index in [4.69, 9.17) is 4.74 Å². The van der Waals surface area contributed by atoms with E-state index in [0.717, 1.165) is 5.57 Å². The van der Waals surface area contributed by atoms with Gasteiger partial charge < -0.3 is 15.0 Å². The number of carbonyl (C=O) groups excluding carboxylic acids is 2. The summed E-state index contributed by atoms with van der Waals surface area (Å²) in [6, 6.07) is 12.5. The average Bonchev–Trinajstić information content (AvgIpc) is 2.59. The van der Waals surface area contributed by atoms with Gasteiger partial charge in [-0.15, -0.1) is 0 Å². The second-order valence-electron chi connectivity index (χ2n) is 6.26. The lowest BCUT2D eigenvalue weighted by molar-refractivity contribution is -0.125. The molecule has 2 aromatic rings. The molecule has 1 N–H and O–H groups in total. The van der Waals surface area contributed by atoms with Crippen LogP contribution in [0.3, 0.4) is 0 Å². The van der Waals surface area contributed by atoms with Crippen molar-refractivity contribution in [3.63, 3.8) is 0 Å². The van der Waals surface area contributed by atoms with Gasteiger partial charge in [-0.2, -0.15) is 0 Å². The van der Waals surface area contributed by atoms with E-state index in [2.05, 4.69) is 27.8 Å². The third-order valence-corrected chi connectivity index (χ3v) is 4.66. The van der Waals surface area contributed by atoms with E-state index in [9.17, 15) is 9.59 Å². The number of hydrogen-bond donors (Lipinski definition) is 1. The molecule has 0 bridgehead atoms. The van der Waals surface area contributed by atoms with E-state index in [-0.39, 0.29) is 11.8 Å². The molecule has 6 heteroatoms. The molecular weight excluding hydrogens is 396 g/mol.